The Balaban J connectivity index is 1.40. The lowest BCUT2D eigenvalue weighted by molar-refractivity contribution is -0.121. The standard InChI is InChI=1S/C18H29N5O2S/c1-14-13-26-18(19-14)23-9-5-8-22(10-11-23)12-16(24)21-17(25)20-15-6-3-2-4-7-15/h13,15H,2-12H2,1H3,(H2,20,21,24,25). The van der Waals surface area contributed by atoms with Crippen molar-refractivity contribution >= 4 is 28.4 Å². The van der Waals surface area contributed by atoms with Gasteiger partial charge in [0.15, 0.2) is 5.13 Å². The first-order chi connectivity index (χ1) is 12.6. The van der Waals surface area contributed by atoms with Crippen molar-refractivity contribution in [2.75, 3.05) is 37.6 Å². The van der Waals surface area contributed by atoms with Crippen molar-refractivity contribution in [3.63, 3.8) is 0 Å². The smallest absolute Gasteiger partial charge is 0.321 e. The molecule has 3 amide bonds. The lowest BCUT2D eigenvalue weighted by Gasteiger charge is -2.23. The minimum Gasteiger partial charge on any atom is -0.347 e. The Morgan fingerprint density at radius 1 is 1.15 bits per heavy atom. The third-order valence-corrected chi connectivity index (χ3v) is 6.05. The fraction of sp³-hybridized carbons (Fsp3) is 0.722. The number of carbonyl (C=O) groups is 2. The van der Waals surface area contributed by atoms with Crippen LogP contribution in [0.5, 0.6) is 0 Å². The molecule has 7 nitrogen and oxygen atoms in total. The molecular weight excluding hydrogens is 350 g/mol. The summed E-state index contributed by atoms with van der Waals surface area (Å²) in [7, 11) is 0. The van der Waals surface area contributed by atoms with E-state index in [2.05, 4.69) is 30.8 Å². The minimum atomic E-state index is -0.350. The van der Waals surface area contributed by atoms with Gasteiger partial charge in [0.2, 0.25) is 5.91 Å². The topological polar surface area (TPSA) is 77.6 Å². The van der Waals surface area contributed by atoms with Crippen LogP contribution in [0.4, 0.5) is 9.93 Å². The summed E-state index contributed by atoms with van der Waals surface area (Å²) in [5, 5.41) is 8.53. The largest absolute Gasteiger partial charge is 0.347 e. The third-order valence-electron chi connectivity index (χ3n) is 5.03. The van der Waals surface area contributed by atoms with Crippen LogP contribution in [0, 0.1) is 6.92 Å². The second-order valence-corrected chi connectivity index (χ2v) is 8.08. The van der Waals surface area contributed by atoms with E-state index < -0.39 is 0 Å². The molecule has 2 aliphatic rings. The van der Waals surface area contributed by atoms with E-state index in [1.807, 2.05) is 6.92 Å². The maximum Gasteiger partial charge on any atom is 0.321 e. The van der Waals surface area contributed by atoms with E-state index in [-0.39, 0.29) is 24.5 Å². The van der Waals surface area contributed by atoms with E-state index in [1.165, 1.54) is 6.42 Å². The maximum absolute atomic E-state index is 12.2. The van der Waals surface area contributed by atoms with Crippen molar-refractivity contribution < 1.29 is 9.59 Å². The van der Waals surface area contributed by atoms with Crippen molar-refractivity contribution in [2.45, 2.75) is 51.5 Å². The number of amides is 3. The van der Waals surface area contributed by atoms with Gasteiger partial charge in [-0.25, -0.2) is 9.78 Å². The van der Waals surface area contributed by atoms with E-state index >= 15 is 0 Å². The van der Waals surface area contributed by atoms with Gasteiger partial charge in [-0.15, -0.1) is 11.3 Å². The van der Waals surface area contributed by atoms with Crippen molar-refractivity contribution in [1.29, 1.82) is 0 Å². The summed E-state index contributed by atoms with van der Waals surface area (Å²) in [6, 6.07) is -0.137. The summed E-state index contributed by atoms with van der Waals surface area (Å²) in [4.78, 5) is 33.1. The molecule has 1 saturated heterocycles. The molecule has 0 bridgehead atoms. The number of hydrogen-bond acceptors (Lipinski definition) is 6. The molecule has 1 aromatic rings. The van der Waals surface area contributed by atoms with Crippen LogP contribution in [0.15, 0.2) is 5.38 Å². The number of urea groups is 1. The highest BCUT2D eigenvalue weighted by atomic mass is 32.1. The molecule has 3 rings (SSSR count). The Labute approximate surface area is 159 Å². The molecule has 144 valence electrons. The number of nitrogens with one attached hydrogen (secondary N) is 2. The van der Waals surface area contributed by atoms with Gasteiger partial charge >= 0.3 is 6.03 Å². The Bertz CT molecular complexity index is 614. The average molecular weight is 380 g/mol. The number of rotatable bonds is 4. The SMILES string of the molecule is Cc1csc(N2CCCN(CC(=O)NC(=O)NC3CCCCC3)CC2)n1. The van der Waals surface area contributed by atoms with Gasteiger partial charge in [-0.05, 0) is 26.2 Å². The molecule has 0 unspecified atom stereocenters. The minimum absolute atomic E-state index is 0.213. The van der Waals surface area contributed by atoms with E-state index in [1.54, 1.807) is 11.3 Å². The molecule has 1 saturated carbocycles. The lowest BCUT2D eigenvalue weighted by Crippen LogP contribution is -2.48. The predicted molar refractivity (Wildman–Crippen MR) is 104 cm³/mol. The Hall–Kier alpha value is -1.67. The molecule has 0 radical (unpaired) electrons. The molecule has 0 spiro atoms. The number of nitrogens with zero attached hydrogens (tertiary/aromatic N) is 3. The van der Waals surface area contributed by atoms with E-state index in [4.69, 9.17) is 0 Å². The number of anilines is 1. The molecule has 2 heterocycles. The Kier molecular flexibility index (Phi) is 6.85. The van der Waals surface area contributed by atoms with Crippen LogP contribution in [0.2, 0.25) is 0 Å². The number of hydrogen-bond donors (Lipinski definition) is 2. The zero-order chi connectivity index (χ0) is 18.4. The molecule has 1 aliphatic carbocycles. The summed E-state index contributed by atoms with van der Waals surface area (Å²) in [5.41, 5.74) is 1.05. The normalized spacial score (nSPS) is 19.8. The van der Waals surface area contributed by atoms with E-state index in [9.17, 15) is 9.59 Å². The third kappa shape index (κ3) is 5.67. The summed E-state index contributed by atoms with van der Waals surface area (Å²) in [6.45, 7) is 5.74. The monoisotopic (exact) mass is 379 g/mol. The average Bonchev–Trinajstić information content (AvgIpc) is 2.91. The van der Waals surface area contributed by atoms with Crippen LogP contribution >= 0.6 is 11.3 Å². The predicted octanol–water partition coefficient (Wildman–Crippen LogP) is 2.12. The lowest BCUT2D eigenvalue weighted by atomic mass is 9.96. The molecule has 0 atom stereocenters. The van der Waals surface area contributed by atoms with E-state index in [0.717, 1.165) is 69.1 Å². The quantitative estimate of drug-likeness (QED) is 0.838. The second kappa shape index (κ2) is 9.32. The number of carbonyl (C=O) groups excluding carboxylic acids is 2. The van der Waals surface area contributed by atoms with E-state index in [0.29, 0.717) is 0 Å². The Morgan fingerprint density at radius 2 is 1.96 bits per heavy atom. The summed E-state index contributed by atoms with van der Waals surface area (Å²) in [5.74, 6) is -0.225. The highest BCUT2D eigenvalue weighted by Gasteiger charge is 2.21. The van der Waals surface area contributed by atoms with Crippen LogP contribution in [0.25, 0.3) is 0 Å². The molecule has 2 N–H and O–H groups in total. The van der Waals surface area contributed by atoms with Gasteiger partial charge in [0.25, 0.3) is 0 Å². The molecule has 26 heavy (non-hydrogen) atoms. The summed E-state index contributed by atoms with van der Waals surface area (Å²) < 4.78 is 0. The van der Waals surface area contributed by atoms with Gasteiger partial charge in [0.1, 0.15) is 0 Å². The van der Waals surface area contributed by atoms with Gasteiger partial charge in [0.05, 0.1) is 12.2 Å². The molecular formula is C18H29N5O2S. The summed E-state index contributed by atoms with van der Waals surface area (Å²) in [6.07, 6.45) is 6.56. The highest BCUT2D eigenvalue weighted by Crippen LogP contribution is 2.21. The van der Waals surface area contributed by atoms with Gasteiger partial charge in [0, 0.05) is 37.6 Å². The van der Waals surface area contributed by atoms with Crippen molar-refractivity contribution in [3.8, 4) is 0 Å². The first-order valence-electron chi connectivity index (χ1n) is 9.60. The molecule has 0 aromatic carbocycles. The first kappa shape index (κ1) is 19.1. The number of aromatic nitrogens is 1. The summed E-state index contributed by atoms with van der Waals surface area (Å²) >= 11 is 1.67. The Morgan fingerprint density at radius 3 is 2.69 bits per heavy atom. The van der Waals surface area contributed by atoms with Crippen molar-refractivity contribution in [1.82, 2.24) is 20.5 Å². The van der Waals surface area contributed by atoms with Crippen molar-refractivity contribution in [2.24, 2.45) is 0 Å². The zero-order valence-corrected chi connectivity index (χ0v) is 16.3. The van der Waals surface area contributed by atoms with Gasteiger partial charge in [-0.3, -0.25) is 15.0 Å². The number of imide groups is 1. The maximum atomic E-state index is 12.2. The van der Waals surface area contributed by atoms with Crippen LogP contribution in [-0.2, 0) is 4.79 Å². The van der Waals surface area contributed by atoms with Crippen LogP contribution in [0.3, 0.4) is 0 Å². The number of aryl methyl sites for hydroxylation is 1. The molecule has 1 aromatic heterocycles. The fourth-order valence-corrected chi connectivity index (χ4v) is 4.50. The van der Waals surface area contributed by atoms with Crippen LogP contribution in [0.1, 0.15) is 44.2 Å². The molecule has 1 aliphatic heterocycles. The second-order valence-electron chi connectivity index (χ2n) is 7.24. The van der Waals surface area contributed by atoms with Crippen molar-refractivity contribution in [3.05, 3.63) is 11.1 Å². The molecule has 2 fully saturated rings. The van der Waals surface area contributed by atoms with Crippen LogP contribution in [-0.4, -0.2) is 60.6 Å². The fourth-order valence-electron chi connectivity index (χ4n) is 3.64. The first-order valence-corrected chi connectivity index (χ1v) is 10.5. The zero-order valence-electron chi connectivity index (χ0n) is 15.5. The van der Waals surface area contributed by atoms with Gasteiger partial charge < -0.3 is 10.2 Å². The highest BCUT2D eigenvalue weighted by molar-refractivity contribution is 7.13. The molecule has 8 heteroatoms. The van der Waals surface area contributed by atoms with Gasteiger partial charge in [-0.2, -0.15) is 0 Å². The number of thiazole rings is 1. The van der Waals surface area contributed by atoms with Crippen LogP contribution < -0.4 is 15.5 Å². The van der Waals surface area contributed by atoms with Gasteiger partial charge in [-0.1, -0.05) is 19.3 Å².